The van der Waals surface area contributed by atoms with Gasteiger partial charge in [0.05, 0.1) is 16.7 Å². The van der Waals surface area contributed by atoms with Crippen molar-refractivity contribution in [3.63, 3.8) is 0 Å². The molecule has 1 atom stereocenters. The Bertz CT molecular complexity index is 641. The third-order valence-corrected chi connectivity index (χ3v) is 3.13. The van der Waals surface area contributed by atoms with Crippen LogP contribution < -0.4 is 10.5 Å². The second-order valence-electron chi connectivity index (χ2n) is 4.32. The number of ether oxygens (including phenoxy) is 1. The van der Waals surface area contributed by atoms with Crippen molar-refractivity contribution < 1.29 is 14.6 Å². The van der Waals surface area contributed by atoms with Crippen LogP contribution in [-0.4, -0.2) is 11.0 Å². The number of halogens is 1. The van der Waals surface area contributed by atoms with Crippen LogP contribution in [0, 0.1) is 0 Å². The summed E-state index contributed by atoms with van der Waals surface area (Å²) in [5, 5.41) is 9.91. The first-order valence-corrected chi connectivity index (χ1v) is 6.41. The molecule has 0 fully saturated rings. The van der Waals surface area contributed by atoms with Gasteiger partial charge in [-0.25, -0.2) is 0 Å². The first-order valence-electron chi connectivity index (χ1n) is 6.03. The van der Waals surface area contributed by atoms with Crippen LogP contribution in [0.2, 0.25) is 5.02 Å². The summed E-state index contributed by atoms with van der Waals surface area (Å²) in [5.74, 6) is 0.265. The molecule has 104 valence electrons. The lowest BCUT2D eigenvalue weighted by molar-refractivity contribution is 0.0998. The Morgan fingerprint density at radius 3 is 2.60 bits per heavy atom. The molecule has 0 aliphatic carbocycles. The number of amides is 1. The fourth-order valence-electron chi connectivity index (χ4n) is 1.80. The van der Waals surface area contributed by atoms with Crippen molar-refractivity contribution in [2.24, 2.45) is 5.73 Å². The molecule has 1 amide bonds. The van der Waals surface area contributed by atoms with E-state index in [-0.39, 0.29) is 0 Å². The number of primary amides is 1. The van der Waals surface area contributed by atoms with Gasteiger partial charge in [-0.15, -0.1) is 0 Å². The Hall–Kier alpha value is -2.04. The highest BCUT2D eigenvalue weighted by Crippen LogP contribution is 2.31. The number of hydrogen-bond acceptors (Lipinski definition) is 3. The SMILES string of the molecule is CC(O)c1ccc(Oc2ccccc2C(N)=O)cc1Cl. The minimum atomic E-state index is -0.658. The van der Waals surface area contributed by atoms with E-state index < -0.39 is 12.0 Å². The molecular formula is C15H14ClNO3. The summed E-state index contributed by atoms with van der Waals surface area (Å²) in [6.07, 6.45) is -0.658. The van der Waals surface area contributed by atoms with Gasteiger partial charge in [0.1, 0.15) is 11.5 Å². The third kappa shape index (κ3) is 3.10. The van der Waals surface area contributed by atoms with Gasteiger partial charge in [-0.1, -0.05) is 29.8 Å². The topological polar surface area (TPSA) is 72.6 Å². The number of aliphatic hydroxyl groups is 1. The van der Waals surface area contributed by atoms with Crippen LogP contribution in [-0.2, 0) is 0 Å². The quantitative estimate of drug-likeness (QED) is 0.908. The van der Waals surface area contributed by atoms with Gasteiger partial charge < -0.3 is 15.6 Å². The summed E-state index contributed by atoms with van der Waals surface area (Å²) >= 11 is 6.06. The van der Waals surface area contributed by atoms with E-state index in [2.05, 4.69) is 0 Å². The molecule has 20 heavy (non-hydrogen) atoms. The Balaban J connectivity index is 2.31. The van der Waals surface area contributed by atoms with Gasteiger partial charge in [-0.3, -0.25) is 4.79 Å². The van der Waals surface area contributed by atoms with Crippen molar-refractivity contribution in [3.8, 4) is 11.5 Å². The fourth-order valence-corrected chi connectivity index (χ4v) is 2.12. The number of rotatable bonds is 4. The number of para-hydroxylation sites is 1. The average Bonchev–Trinajstić information content (AvgIpc) is 2.38. The first kappa shape index (κ1) is 14.4. The van der Waals surface area contributed by atoms with Crippen LogP contribution in [0.5, 0.6) is 11.5 Å². The van der Waals surface area contributed by atoms with Gasteiger partial charge in [0.2, 0.25) is 0 Å². The molecule has 0 heterocycles. The number of carbonyl (C=O) groups is 1. The monoisotopic (exact) mass is 291 g/mol. The minimum Gasteiger partial charge on any atom is -0.456 e. The van der Waals surface area contributed by atoms with Crippen molar-refractivity contribution >= 4 is 17.5 Å². The van der Waals surface area contributed by atoms with E-state index >= 15 is 0 Å². The maximum absolute atomic E-state index is 11.3. The van der Waals surface area contributed by atoms with Crippen LogP contribution in [0.4, 0.5) is 0 Å². The van der Waals surface area contributed by atoms with Crippen molar-refractivity contribution in [2.75, 3.05) is 0 Å². The molecule has 5 heteroatoms. The molecule has 0 aliphatic rings. The summed E-state index contributed by atoms with van der Waals surface area (Å²) < 4.78 is 5.62. The van der Waals surface area contributed by atoms with Gasteiger partial charge in [0.25, 0.3) is 5.91 Å². The maximum atomic E-state index is 11.3. The highest BCUT2D eigenvalue weighted by Gasteiger charge is 2.11. The molecule has 0 saturated carbocycles. The minimum absolute atomic E-state index is 0.295. The molecule has 0 spiro atoms. The second kappa shape index (κ2) is 5.94. The lowest BCUT2D eigenvalue weighted by Gasteiger charge is -2.12. The highest BCUT2D eigenvalue weighted by molar-refractivity contribution is 6.31. The zero-order chi connectivity index (χ0) is 14.7. The van der Waals surface area contributed by atoms with Crippen molar-refractivity contribution in [1.82, 2.24) is 0 Å². The van der Waals surface area contributed by atoms with Crippen LogP contribution >= 0.6 is 11.6 Å². The number of hydrogen-bond donors (Lipinski definition) is 2. The number of aliphatic hydroxyl groups excluding tert-OH is 1. The summed E-state index contributed by atoms with van der Waals surface area (Å²) in [6, 6.07) is 11.6. The summed E-state index contributed by atoms with van der Waals surface area (Å²) in [4.78, 5) is 11.3. The van der Waals surface area contributed by atoms with Crippen LogP contribution in [0.1, 0.15) is 28.9 Å². The van der Waals surface area contributed by atoms with Crippen molar-refractivity contribution in [3.05, 3.63) is 58.6 Å². The Labute approximate surface area is 121 Å². The number of carbonyl (C=O) groups excluding carboxylic acids is 1. The number of nitrogens with two attached hydrogens (primary N) is 1. The smallest absolute Gasteiger partial charge is 0.252 e. The van der Waals surface area contributed by atoms with E-state index in [4.69, 9.17) is 22.1 Å². The van der Waals surface area contributed by atoms with Crippen LogP contribution in [0.25, 0.3) is 0 Å². The predicted octanol–water partition coefficient (Wildman–Crippen LogP) is 3.28. The van der Waals surface area contributed by atoms with E-state index in [1.165, 1.54) is 0 Å². The molecule has 4 nitrogen and oxygen atoms in total. The zero-order valence-electron chi connectivity index (χ0n) is 10.8. The number of benzene rings is 2. The lowest BCUT2D eigenvalue weighted by Crippen LogP contribution is -2.11. The van der Waals surface area contributed by atoms with Crippen LogP contribution in [0.3, 0.4) is 0 Å². The Kier molecular flexibility index (Phi) is 4.27. The lowest BCUT2D eigenvalue weighted by atomic mass is 10.1. The highest BCUT2D eigenvalue weighted by atomic mass is 35.5. The maximum Gasteiger partial charge on any atom is 0.252 e. The predicted molar refractivity (Wildman–Crippen MR) is 77.1 cm³/mol. The zero-order valence-corrected chi connectivity index (χ0v) is 11.6. The van der Waals surface area contributed by atoms with Gasteiger partial charge in [-0.2, -0.15) is 0 Å². The standard InChI is InChI=1S/C15H14ClNO3/c1-9(18)11-7-6-10(8-13(11)16)20-14-5-3-2-4-12(14)15(17)19/h2-9,18H,1H3,(H2,17,19). The molecule has 0 aromatic heterocycles. The largest absolute Gasteiger partial charge is 0.456 e. The van der Waals surface area contributed by atoms with Crippen molar-refractivity contribution in [1.29, 1.82) is 0 Å². The fraction of sp³-hybridized carbons (Fsp3) is 0.133. The average molecular weight is 292 g/mol. The van der Waals surface area contributed by atoms with E-state index in [1.54, 1.807) is 49.4 Å². The molecule has 0 radical (unpaired) electrons. The van der Waals surface area contributed by atoms with Gasteiger partial charge >= 0.3 is 0 Å². The van der Waals surface area contributed by atoms with Gasteiger partial charge in [0.15, 0.2) is 0 Å². The van der Waals surface area contributed by atoms with Gasteiger partial charge in [0, 0.05) is 0 Å². The normalized spacial score (nSPS) is 11.9. The van der Waals surface area contributed by atoms with Crippen molar-refractivity contribution in [2.45, 2.75) is 13.0 Å². The molecule has 1 unspecified atom stereocenters. The molecule has 2 aromatic carbocycles. The second-order valence-corrected chi connectivity index (χ2v) is 4.73. The molecule has 0 bridgehead atoms. The molecular weight excluding hydrogens is 278 g/mol. The molecule has 2 aromatic rings. The Morgan fingerprint density at radius 2 is 2.00 bits per heavy atom. The molecule has 0 aliphatic heterocycles. The first-order chi connectivity index (χ1) is 9.49. The molecule has 3 N–H and O–H groups in total. The van der Waals surface area contributed by atoms with E-state index in [9.17, 15) is 9.90 Å². The van der Waals surface area contributed by atoms with E-state index in [0.717, 1.165) is 0 Å². The summed E-state index contributed by atoms with van der Waals surface area (Å²) in [5.41, 5.74) is 6.19. The summed E-state index contributed by atoms with van der Waals surface area (Å²) in [7, 11) is 0. The van der Waals surface area contributed by atoms with Crippen LogP contribution in [0.15, 0.2) is 42.5 Å². The molecule has 2 rings (SSSR count). The third-order valence-electron chi connectivity index (χ3n) is 2.80. The Morgan fingerprint density at radius 1 is 1.30 bits per heavy atom. The molecule has 0 saturated heterocycles. The van der Waals surface area contributed by atoms with E-state index in [0.29, 0.717) is 27.6 Å². The van der Waals surface area contributed by atoms with E-state index in [1.807, 2.05) is 0 Å². The summed E-state index contributed by atoms with van der Waals surface area (Å²) in [6.45, 7) is 1.63. The van der Waals surface area contributed by atoms with Gasteiger partial charge in [-0.05, 0) is 36.8 Å².